The van der Waals surface area contributed by atoms with E-state index in [4.69, 9.17) is 0 Å². The van der Waals surface area contributed by atoms with Crippen molar-refractivity contribution in [2.75, 3.05) is 17.1 Å². The SMILES string of the molecule is CC[C@H](C(=O)NC(C)C)N(Cc1ccccc1C)C(=O)CN(c1cc([N+](=O)[O-])ccc1C)S(C)(=O)=O. The molecule has 0 fully saturated rings. The Morgan fingerprint density at radius 2 is 1.72 bits per heavy atom. The minimum atomic E-state index is -4.00. The molecule has 0 heterocycles. The first-order valence-electron chi connectivity index (χ1n) is 11.6. The summed E-state index contributed by atoms with van der Waals surface area (Å²) in [6.07, 6.45) is 1.25. The number of rotatable bonds is 11. The number of sulfonamides is 1. The van der Waals surface area contributed by atoms with E-state index >= 15 is 0 Å². The van der Waals surface area contributed by atoms with Gasteiger partial charge in [-0.05, 0) is 50.8 Å². The quantitative estimate of drug-likeness (QED) is 0.359. The zero-order valence-corrected chi connectivity index (χ0v) is 22.3. The van der Waals surface area contributed by atoms with E-state index in [1.165, 1.54) is 17.0 Å². The Morgan fingerprint density at radius 3 is 2.25 bits per heavy atom. The molecule has 0 unspecified atom stereocenters. The van der Waals surface area contributed by atoms with E-state index in [1.807, 2.05) is 45.0 Å². The van der Waals surface area contributed by atoms with Gasteiger partial charge in [-0.1, -0.05) is 37.3 Å². The average molecular weight is 519 g/mol. The van der Waals surface area contributed by atoms with Crippen LogP contribution >= 0.6 is 0 Å². The maximum Gasteiger partial charge on any atom is 0.271 e. The van der Waals surface area contributed by atoms with Gasteiger partial charge in [0.1, 0.15) is 12.6 Å². The number of nitro groups is 1. The fraction of sp³-hybridized carbons (Fsp3) is 0.440. The van der Waals surface area contributed by atoms with Crippen molar-refractivity contribution < 1.29 is 22.9 Å². The van der Waals surface area contributed by atoms with Crippen LogP contribution < -0.4 is 9.62 Å². The molecule has 196 valence electrons. The predicted octanol–water partition coefficient (Wildman–Crippen LogP) is 3.31. The molecule has 10 nitrogen and oxygen atoms in total. The number of nitro benzene ring substituents is 1. The van der Waals surface area contributed by atoms with Gasteiger partial charge < -0.3 is 10.2 Å². The molecule has 11 heteroatoms. The molecule has 0 bridgehead atoms. The minimum absolute atomic E-state index is 0.0376. The van der Waals surface area contributed by atoms with Crippen molar-refractivity contribution in [3.8, 4) is 0 Å². The van der Waals surface area contributed by atoms with E-state index in [2.05, 4.69) is 5.32 Å². The van der Waals surface area contributed by atoms with E-state index in [-0.39, 0.29) is 29.9 Å². The summed E-state index contributed by atoms with van der Waals surface area (Å²) in [5.41, 5.74) is 1.93. The summed E-state index contributed by atoms with van der Waals surface area (Å²) in [5, 5.41) is 14.1. The van der Waals surface area contributed by atoms with E-state index in [0.717, 1.165) is 27.8 Å². The van der Waals surface area contributed by atoms with Crippen LogP contribution in [0.4, 0.5) is 11.4 Å². The lowest BCUT2D eigenvalue weighted by Crippen LogP contribution is -2.53. The number of benzene rings is 2. The maximum atomic E-state index is 13.7. The third kappa shape index (κ3) is 7.27. The van der Waals surface area contributed by atoms with E-state index in [9.17, 15) is 28.1 Å². The molecule has 0 aromatic heterocycles. The van der Waals surface area contributed by atoms with Crippen molar-refractivity contribution in [3.05, 3.63) is 69.3 Å². The first-order valence-corrected chi connectivity index (χ1v) is 13.5. The summed E-state index contributed by atoms with van der Waals surface area (Å²) in [4.78, 5) is 38.8. The van der Waals surface area contributed by atoms with Crippen LogP contribution in [0.3, 0.4) is 0 Å². The number of hydrogen-bond acceptors (Lipinski definition) is 6. The van der Waals surface area contributed by atoms with Crippen molar-refractivity contribution in [2.45, 2.75) is 59.7 Å². The topological polar surface area (TPSA) is 130 Å². The van der Waals surface area contributed by atoms with Gasteiger partial charge in [-0.15, -0.1) is 0 Å². The molecule has 36 heavy (non-hydrogen) atoms. The smallest absolute Gasteiger partial charge is 0.271 e. The van der Waals surface area contributed by atoms with Gasteiger partial charge >= 0.3 is 0 Å². The average Bonchev–Trinajstić information content (AvgIpc) is 2.77. The highest BCUT2D eigenvalue weighted by molar-refractivity contribution is 7.92. The number of carbonyl (C=O) groups excluding carboxylic acids is 2. The second-order valence-corrected chi connectivity index (χ2v) is 10.9. The van der Waals surface area contributed by atoms with Crippen molar-refractivity contribution in [3.63, 3.8) is 0 Å². The number of carbonyl (C=O) groups is 2. The summed E-state index contributed by atoms with van der Waals surface area (Å²) < 4.78 is 26.4. The number of nitrogens with zero attached hydrogens (tertiary/aromatic N) is 3. The molecule has 2 rings (SSSR count). The molecule has 0 radical (unpaired) electrons. The van der Waals surface area contributed by atoms with Crippen molar-refractivity contribution in [2.24, 2.45) is 0 Å². The molecule has 2 aromatic rings. The molecule has 0 saturated carbocycles. The van der Waals surface area contributed by atoms with Gasteiger partial charge in [0.15, 0.2) is 0 Å². The Labute approximate surface area is 212 Å². The van der Waals surface area contributed by atoms with Crippen LogP contribution in [0.15, 0.2) is 42.5 Å². The van der Waals surface area contributed by atoms with Gasteiger partial charge in [-0.2, -0.15) is 0 Å². The van der Waals surface area contributed by atoms with Gasteiger partial charge in [0.25, 0.3) is 5.69 Å². The van der Waals surface area contributed by atoms with Gasteiger partial charge in [0.2, 0.25) is 21.8 Å². The molecule has 1 atom stereocenters. The molecule has 1 N–H and O–H groups in total. The Balaban J connectivity index is 2.55. The second kappa shape index (κ2) is 12.0. The molecular formula is C25H34N4O6S. The lowest BCUT2D eigenvalue weighted by molar-refractivity contribution is -0.384. The maximum absolute atomic E-state index is 13.7. The molecular weight excluding hydrogens is 484 g/mol. The number of amides is 2. The van der Waals surface area contributed by atoms with E-state index < -0.39 is 33.4 Å². The minimum Gasteiger partial charge on any atom is -0.352 e. The number of nitrogens with one attached hydrogen (secondary N) is 1. The Hall–Kier alpha value is -3.47. The Kier molecular flexibility index (Phi) is 9.57. The van der Waals surface area contributed by atoms with Crippen molar-refractivity contribution >= 4 is 33.2 Å². The lowest BCUT2D eigenvalue weighted by Gasteiger charge is -2.33. The number of non-ortho nitro benzene ring substituents is 1. The van der Waals surface area contributed by atoms with Gasteiger partial charge in [0, 0.05) is 24.7 Å². The number of anilines is 1. The highest BCUT2D eigenvalue weighted by atomic mass is 32.2. The molecule has 0 spiro atoms. The Morgan fingerprint density at radius 1 is 1.08 bits per heavy atom. The third-order valence-electron chi connectivity index (χ3n) is 5.77. The first-order chi connectivity index (χ1) is 16.8. The zero-order valence-electron chi connectivity index (χ0n) is 21.5. The largest absolute Gasteiger partial charge is 0.352 e. The van der Waals surface area contributed by atoms with Gasteiger partial charge in [-0.3, -0.25) is 24.0 Å². The standard InChI is InChI=1S/C25H34N4O6S/c1-7-22(25(31)26-17(2)3)27(15-20-11-9-8-10-18(20)4)24(30)16-28(36(6,34)35)23-14-21(29(32)33)13-12-19(23)5/h8-14,17,22H,7,15-16H2,1-6H3,(H,26,31)/t22-/m1/s1. The van der Waals surface area contributed by atoms with Crippen LogP contribution in [0.25, 0.3) is 0 Å². The molecule has 2 aromatic carbocycles. The molecule has 0 aliphatic rings. The number of hydrogen-bond donors (Lipinski definition) is 1. The van der Waals surface area contributed by atoms with E-state index in [1.54, 1.807) is 13.8 Å². The summed E-state index contributed by atoms with van der Waals surface area (Å²) in [7, 11) is -4.00. The molecule has 0 aliphatic carbocycles. The summed E-state index contributed by atoms with van der Waals surface area (Å²) in [6.45, 7) is 8.39. The summed E-state index contributed by atoms with van der Waals surface area (Å²) in [6, 6.07) is 10.3. The highest BCUT2D eigenvalue weighted by Gasteiger charge is 2.33. The van der Waals surface area contributed by atoms with Crippen molar-refractivity contribution in [1.82, 2.24) is 10.2 Å². The van der Waals surface area contributed by atoms with Crippen LogP contribution in [-0.4, -0.2) is 54.9 Å². The van der Waals surface area contributed by atoms with Gasteiger partial charge in [-0.25, -0.2) is 8.42 Å². The Bertz CT molecular complexity index is 1230. The summed E-state index contributed by atoms with van der Waals surface area (Å²) >= 11 is 0. The second-order valence-electron chi connectivity index (χ2n) is 9.03. The summed E-state index contributed by atoms with van der Waals surface area (Å²) in [5.74, 6) is -0.938. The third-order valence-corrected chi connectivity index (χ3v) is 6.90. The highest BCUT2D eigenvalue weighted by Crippen LogP contribution is 2.28. The lowest BCUT2D eigenvalue weighted by atomic mass is 10.1. The van der Waals surface area contributed by atoms with Crippen LogP contribution in [-0.2, 0) is 26.2 Å². The first kappa shape index (κ1) is 28.8. The van der Waals surface area contributed by atoms with E-state index in [0.29, 0.717) is 12.0 Å². The number of aryl methyl sites for hydroxylation is 2. The molecule has 0 aliphatic heterocycles. The predicted molar refractivity (Wildman–Crippen MR) is 139 cm³/mol. The van der Waals surface area contributed by atoms with Gasteiger partial charge in [0.05, 0.1) is 16.9 Å². The van der Waals surface area contributed by atoms with Crippen molar-refractivity contribution in [1.29, 1.82) is 0 Å². The monoisotopic (exact) mass is 518 g/mol. The molecule has 0 saturated heterocycles. The van der Waals surface area contributed by atoms with Crippen LogP contribution in [0, 0.1) is 24.0 Å². The fourth-order valence-electron chi connectivity index (χ4n) is 3.85. The fourth-order valence-corrected chi connectivity index (χ4v) is 4.74. The van der Waals surface area contributed by atoms with Crippen LogP contribution in [0.2, 0.25) is 0 Å². The molecule has 2 amide bonds. The van der Waals surface area contributed by atoms with Crippen LogP contribution in [0.1, 0.15) is 43.9 Å². The zero-order chi connectivity index (χ0) is 27.2. The normalized spacial score (nSPS) is 12.2. The van der Waals surface area contributed by atoms with Crippen LogP contribution in [0.5, 0.6) is 0 Å².